The Morgan fingerprint density at radius 1 is 1.25 bits per heavy atom. The van der Waals surface area contributed by atoms with Crippen LogP contribution in [-0.2, 0) is 16.1 Å². The molecule has 5 heteroatoms. The fourth-order valence-corrected chi connectivity index (χ4v) is 2.25. The van der Waals surface area contributed by atoms with Gasteiger partial charge in [-0.2, -0.15) is 0 Å². The second kappa shape index (κ2) is 6.23. The van der Waals surface area contributed by atoms with Crippen LogP contribution in [0.15, 0.2) is 33.5 Å². The second-order valence-electron chi connectivity index (χ2n) is 4.35. The monoisotopic (exact) mass is 275 g/mol. The molecule has 106 valence electrons. The minimum Gasteiger partial charge on any atom is -0.463 e. The van der Waals surface area contributed by atoms with Crippen LogP contribution in [0, 0.1) is 0 Å². The molecule has 0 aliphatic heterocycles. The standard InChI is InChI=1S/C15H17NO4/c1-3-16(4-2)12-5-6-13-11(9-19-10-17)7-15(18)20-14(13)8-12/h5-8,10H,3-4,9H2,1-2H3. The molecule has 2 aromatic rings. The van der Waals surface area contributed by atoms with E-state index in [4.69, 9.17) is 9.15 Å². The lowest BCUT2D eigenvalue weighted by Gasteiger charge is -2.21. The van der Waals surface area contributed by atoms with Crippen LogP contribution in [0.4, 0.5) is 5.69 Å². The third kappa shape index (κ3) is 2.82. The molecule has 1 aromatic heterocycles. The Bertz CT molecular complexity index is 658. The maximum Gasteiger partial charge on any atom is 0.336 e. The number of fused-ring (bicyclic) bond motifs is 1. The quantitative estimate of drug-likeness (QED) is 0.598. The van der Waals surface area contributed by atoms with E-state index in [1.54, 1.807) is 0 Å². The van der Waals surface area contributed by atoms with Gasteiger partial charge in [-0.3, -0.25) is 4.79 Å². The molecule has 0 spiro atoms. The van der Waals surface area contributed by atoms with Gasteiger partial charge in [-0.15, -0.1) is 0 Å². The molecule has 0 atom stereocenters. The normalized spacial score (nSPS) is 10.5. The van der Waals surface area contributed by atoms with Gasteiger partial charge in [0, 0.05) is 41.9 Å². The Morgan fingerprint density at radius 2 is 2.00 bits per heavy atom. The molecule has 20 heavy (non-hydrogen) atoms. The van der Waals surface area contributed by atoms with Gasteiger partial charge in [0.1, 0.15) is 12.2 Å². The fourth-order valence-electron chi connectivity index (χ4n) is 2.25. The number of carbonyl (C=O) groups excluding carboxylic acids is 1. The molecule has 0 aliphatic rings. The van der Waals surface area contributed by atoms with Crippen molar-refractivity contribution in [2.45, 2.75) is 20.5 Å². The largest absolute Gasteiger partial charge is 0.463 e. The minimum atomic E-state index is -0.446. The third-order valence-electron chi connectivity index (χ3n) is 3.25. The Balaban J connectivity index is 2.52. The average Bonchev–Trinajstić information content (AvgIpc) is 2.45. The van der Waals surface area contributed by atoms with Gasteiger partial charge < -0.3 is 14.1 Å². The van der Waals surface area contributed by atoms with Gasteiger partial charge in [0.2, 0.25) is 0 Å². The summed E-state index contributed by atoms with van der Waals surface area (Å²) in [7, 11) is 0. The first-order valence-electron chi connectivity index (χ1n) is 6.56. The molecule has 0 radical (unpaired) electrons. The van der Waals surface area contributed by atoms with Crippen LogP contribution in [0.25, 0.3) is 11.0 Å². The van der Waals surface area contributed by atoms with Crippen LogP contribution < -0.4 is 10.5 Å². The lowest BCUT2D eigenvalue weighted by atomic mass is 10.1. The summed E-state index contributed by atoms with van der Waals surface area (Å²) in [6.07, 6.45) is 0. The van der Waals surface area contributed by atoms with Crippen LogP contribution in [0.5, 0.6) is 0 Å². The van der Waals surface area contributed by atoms with Crippen molar-refractivity contribution in [1.29, 1.82) is 0 Å². The smallest absolute Gasteiger partial charge is 0.336 e. The van der Waals surface area contributed by atoms with Crippen molar-refractivity contribution in [2.24, 2.45) is 0 Å². The van der Waals surface area contributed by atoms with Crippen LogP contribution >= 0.6 is 0 Å². The van der Waals surface area contributed by atoms with Crippen LogP contribution in [0.1, 0.15) is 19.4 Å². The Kier molecular flexibility index (Phi) is 4.40. The van der Waals surface area contributed by atoms with Crippen molar-refractivity contribution >= 4 is 23.1 Å². The lowest BCUT2D eigenvalue weighted by molar-refractivity contribution is -0.129. The number of ether oxygens (including phenoxy) is 1. The molecule has 0 N–H and O–H groups in total. The van der Waals surface area contributed by atoms with E-state index in [2.05, 4.69) is 18.7 Å². The van der Waals surface area contributed by atoms with E-state index in [0.29, 0.717) is 17.6 Å². The Hall–Kier alpha value is -2.30. The van der Waals surface area contributed by atoms with Gasteiger partial charge in [-0.1, -0.05) is 0 Å². The lowest BCUT2D eigenvalue weighted by Crippen LogP contribution is -2.21. The highest BCUT2D eigenvalue weighted by atomic mass is 16.5. The minimum absolute atomic E-state index is 0.0657. The summed E-state index contributed by atoms with van der Waals surface area (Å²) in [4.78, 5) is 24.0. The van der Waals surface area contributed by atoms with Crippen LogP contribution in [0.2, 0.25) is 0 Å². The molecule has 2 rings (SSSR count). The first-order valence-corrected chi connectivity index (χ1v) is 6.56. The highest BCUT2D eigenvalue weighted by Crippen LogP contribution is 2.24. The van der Waals surface area contributed by atoms with E-state index in [-0.39, 0.29) is 6.61 Å². The van der Waals surface area contributed by atoms with Crippen LogP contribution in [0.3, 0.4) is 0 Å². The summed E-state index contributed by atoms with van der Waals surface area (Å²) in [6.45, 7) is 6.32. The zero-order valence-electron chi connectivity index (χ0n) is 11.6. The predicted octanol–water partition coefficient (Wildman–Crippen LogP) is 2.31. The molecular formula is C15H17NO4. The molecule has 0 aliphatic carbocycles. The first kappa shape index (κ1) is 14.1. The van der Waals surface area contributed by atoms with Crippen molar-refractivity contribution in [3.63, 3.8) is 0 Å². The van der Waals surface area contributed by atoms with Crippen molar-refractivity contribution < 1.29 is 13.9 Å². The number of anilines is 1. The van der Waals surface area contributed by atoms with Crippen LogP contribution in [-0.4, -0.2) is 19.6 Å². The molecule has 1 aromatic carbocycles. The molecule has 1 heterocycles. The van der Waals surface area contributed by atoms with Gasteiger partial charge in [-0.05, 0) is 26.0 Å². The van der Waals surface area contributed by atoms with E-state index in [1.165, 1.54) is 6.07 Å². The molecule has 0 bridgehead atoms. The number of nitrogens with zero attached hydrogens (tertiary/aromatic N) is 1. The molecule has 0 unspecified atom stereocenters. The number of carbonyl (C=O) groups is 1. The molecule has 0 saturated heterocycles. The number of hydrogen-bond donors (Lipinski definition) is 0. The van der Waals surface area contributed by atoms with Crippen molar-refractivity contribution in [3.8, 4) is 0 Å². The average molecular weight is 275 g/mol. The van der Waals surface area contributed by atoms with Gasteiger partial charge in [0.25, 0.3) is 6.47 Å². The van der Waals surface area contributed by atoms with Gasteiger partial charge in [-0.25, -0.2) is 4.79 Å². The SMILES string of the molecule is CCN(CC)c1ccc2c(COC=O)cc(=O)oc2c1. The van der Waals surface area contributed by atoms with Crippen molar-refractivity contribution in [2.75, 3.05) is 18.0 Å². The van der Waals surface area contributed by atoms with Crippen molar-refractivity contribution in [1.82, 2.24) is 0 Å². The zero-order chi connectivity index (χ0) is 14.5. The summed E-state index contributed by atoms with van der Waals surface area (Å²) < 4.78 is 9.97. The molecule has 0 amide bonds. The Labute approximate surface area is 116 Å². The fraction of sp³-hybridized carbons (Fsp3) is 0.333. The molecule has 5 nitrogen and oxygen atoms in total. The summed E-state index contributed by atoms with van der Waals surface area (Å²) in [5.41, 5.74) is 1.71. The number of hydrogen-bond acceptors (Lipinski definition) is 5. The van der Waals surface area contributed by atoms with Gasteiger partial charge >= 0.3 is 5.63 Å². The van der Waals surface area contributed by atoms with Crippen molar-refractivity contribution in [3.05, 3.63) is 40.2 Å². The number of rotatable bonds is 6. The van der Waals surface area contributed by atoms with E-state index in [1.807, 2.05) is 18.2 Å². The summed E-state index contributed by atoms with van der Waals surface area (Å²) in [5.74, 6) is 0. The maximum atomic E-state index is 11.6. The Morgan fingerprint density at radius 3 is 2.65 bits per heavy atom. The maximum absolute atomic E-state index is 11.6. The molecule has 0 fully saturated rings. The topological polar surface area (TPSA) is 59.8 Å². The number of benzene rings is 1. The third-order valence-corrected chi connectivity index (χ3v) is 3.25. The van der Waals surface area contributed by atoms with Gasteiger partial charge in [0.15, 0.2) is 0 Å². The molecular weight excluding hydrogens is 258 g/mol. The summed E-state index contributed by atoms with van der Waals surface area (Å²) >= 11 is 0. The highest BCUT2D eigenvalue weighted by molar-refractivity contribution is 5.83. The van der Waals surface area contributed by atoms with E-state index < -0.39 is 5.63 Å². The zero-order valence-corrected chi connectivity index (χ0v) is 11.6. The van der Waals surface area contributed by atoms with Gasteiger partial charge in [0.05, 0.1) is 0 Å². The van der Waals surface area contributed by atoms with E-state index >= 15 is 0 Å². The molecule has 0 saturated carbocycles. The second-order valence-corrected chi connectivity index (χ2v) is 4.35. The first-order chi connectivity index (χ1) is 9.69. The summed E-state index contributed by atoms with van der Waals surface area (Å²) in [6, 6.07) is 7.05. The summed E-state index contributed by atoms with van der Waals surface area (Å²) in [5, 5.41) is 0.780. The van der Waals surface area contributed by atoms with E-state index in [0.717, 1.165) is 24.2 Å². The highest BCUT2D eigenvalue weighted by Gasteiger charge is 2.09. The predicted molar refractivity (Wildman–Crippen MR) is 76.9 cm³/mol. The van der Waals surface area contributed by atoms with E-state index in [9.17, 15) is 9.59 Å².